The van der Waals surface area contributed by atoms with Gasteiger partial charge in [0.2, 0.25) is 0 Å². The number of fused-ring (bicyclic) bond motifs is 7. The van der Waals surface area contributed by atoms with Gasteiger partial charge in [-0.1, -0.05) is 103 Å². The average molecular weight is 992 g/mol. The van der Waals surface area contributed by atoms with Crippen LogP contribution in [0.25, 0.3) is 55.0 Å². The van der Waals surface area contributed by atoms with Crippen LogP contribution >= 0.6 is 0 Å². The summed E-state index contributed by atoms with van der Waals surface area (Å²) < 4.78 is 4.40. The molecule has 62 heavy (non-hydrogen) atoms. The van der Waals surface area contributed by atoms with Gasteiger partial charge in [-0.25, -0.2) is 0 Å². The van der Waals surface area contributed by atoms with Gasteiger partial charge in [-0.15, -0.1) is 0 Å². The van der Waals surface area contributed by atoms with E-state index in [1.54, 1.807) is 0 Å². The van der Waals surface area contributed by atoms with Gasteiger partial charge in [0.25, 0.3) is 0 Å². The van der Waals surface area contributed by atoms with E-state index in [1.165, 1.54) is 27.1 Å². The molecule has 0 saturated carbocycles. The Kier molecular flexibility index (Phi) is 11.1. The molecule has 0 radical (unpaired) electrons. The molecule has 9 heteroatoms. The molecule has 2 aromatic heterocycles. The third-order valence-electron chi connectivity index (χ3n) is 11.5. The number of para-hydroxylation sites is 7. The Bertz CT molecular complexity index is 3120. The van der Waals surface area contributed by atoms with Crippen LogP contribution in [0.3, 0.4) is 0 Å². The van der Waals surface area contributed by atoms with Gasteiger partial charge in [-0.2, -0.15) is 13.3 Å². The number of anilines is 5. The van der Waals surface area contributed by atoms with E-state index in [0.717, 1.165) is 62.7 Å². The Hall–Kier alpha value is -7.15. The zero-order valence-corrected chi connectivity index (χ0v) is 36.5. The second kappa shape index (κ2) is 17.1. The van der Waals surface area contributed by atoms with E-state index in [0.29, 0.717) is 5.69 Å². The van der Waals surface area contributed by atoms with Gasteiger partial charge in [0.1, 0.15) is 11.5 Å². The molecule has 8 aromatic carbocycles. The molecule has 0 spiro atoms. The molecule has 10 aromatic rings. The fraction of sp³-hybridized carbons (Fsp3) is 0.0566. The van der Waals surface area contributed by atoms with E-state index < -0.39 is 0 Å². The van der Waals surface area contributed by atoms with Crippen LogP contribution in [0.1, 0.15) is 12.5 Å². The van der Waals surface area contributed by atoms with Crippen LogP contribution in [0.2, 0.25) is 0 Å². The maximum absolute atomic E-state index is 10.9. The van der Waals surface area contributed by atoms with Crippen molar-refractivity contribution in [1.82, 2.24) is 9.13 Å². The van der Waals surface area contributed by atoms with E-state index in [1.807, 2.05) is 109 Å². The molecule has 8 nitrogen and oxygen atoms in total. The Morgan fingerprint density at radius 2 is 1.05 bits per heavy atom. The summed E-state index contributed by atoms with van der Waals surface area (Å²) in [6, 6.07) is 61.5. The number of benzene rings is 8. The first kappa shape index (κ1) is 40.3. The molecular weight excluding hydrogens is 948 g/mol. The van der Waals surface area contributed by atoms with Gasteiger partial charge in [0.15, 0.2) is 0 Å². The summed E-state index contributed by atoms with van der Waals surface area (Å²) >= 11 is 0. The van der Waals surface area contributed by atoms with Crippen LogP contribution in [0.15, 0.2) is 182 Å². The number of hydrogen-bond donors (Lipinski definition) is 4. The van der Waals surface area contributed by atoms with Crippen LogP contribution in [-0.2, 0) is 21.1 Å². The predicted molar refractivity (Wildman–Crippen MR) is 254 cm³/mol. The summed E-state index contributed by atoms with van der Waals surface area (Å²) in [6.07, 6.45) is 0. The first-order chi connectivity index (χ1) is 30.0. The number of nitrogens with one attached hydrogen (secondary N) is 2. The molecule has 0 unspecified atom stereocenters. The first-order valence-corrected chi connectivity index (χ1v) is 20.5. The number of rotatable bonds is 8. The van der Waals surface area contributed by atoms with E-state index >= 15 is 0 Å². The van der Waals surface area contributed by atoms with Crippen molar-refractivity contribution in [3.05, 3.63) is 201 Å². The number of phenols is 2. The minimum Gasteiger partial charge on any atom is -0.514 e. The summed E-state index contributed by atoms with van der Waals surface area (Å²) in [5.41, 5.74) is 12.2. The monoisotopic (exact) mass is 991 g/mol. The summed E-state index contributed by atoms with van der Waals surface area (Å²) in [7, 11) is 0. The van der Waals surface area contributed by atoms with Gasteiger partial charge in [-0.05, 0) is 92.7 Å². The van der Waals surface area contributed by atoms with Crippen molar-refractivity contribution in [3.8, 4) is 22.9 Å². The minimum absolute atomic E-state index is 0. The maximum atomic E-state index is 10.9. The predicted octanol–water partition coefficient (Wildman–Crippen LogP) is 13.0. The molecule has 1 aliphatic rings. The number of aromatic nitrogens is 2. The maximum Gasteiger partial charge on any atom is 2.00 e. The zero-order valence-electron chi connectivity index (χ0n) is 34.2. The average Bonchev–Trinajstić information content (AvgIpc) is 3.98. The second-order valence-electron chi connectivity index (χ2n) is 15.1. The van der Waals surface area contributed by atoms with Crippen LogP contribution in [0.5, 0.6) is 11.5 Å². The Morgan fingerprint density at radius 1 is 0.565 bits per heavy atom. The minimum atomic E-state index is 0. The number of nitrogens with zero attached hydrogens (tertiary/aromatic N) is 4. The molecule has 0 aliphatic carbocycles. The third kappa shape index (κ3) is 7.16. The van der Waals surface area contributed by atoms with Gasteiger partial charge in [-0.3, -0.25) is 0 Å². The number of aryl methyl sites for hydroxylation is 1. The van der Waals surface area contributed by atoms with Crippen molar-refractivity contribution in [3.63, 3.8) is 0 Å². The molecule has 0 amide bonds. The summed E-state index contributed by atoms with van der Waals surface area (Å²) in [4.78, 5) is 4.11. The zero-order chi connectivity index (χ0) is 41.5. The summed E-state index contributed by atoms with van der Waals surface area (Å²) in [6.45, 7) is 8.81. The van der Waals surface area contributed by atoms with Crippen molar-refractivity contribution in [2.24, 2.45) is 0 Å². The van der Waals surface area contributed by atoms with Crippen molar-refractivity contribution in [2.45, 2.75) is 13.8 Å². The Balaban J connectivity index is 0.000000156. The van der Waals surface area contributed by atoms with Gasteiger partial charge < -0.3 is 39.8 Å². The quantitative estimate of drug-likeness (QED) is 0.0897. The molecule has 0 atom stereocenters. The summed E-state index contributed by atoms with van der Waals surface area (Å²) in [5.74, 6) is 0.445. The van der Waals surface area contributed by atoms with E-state index in [9.17, 15) is 10.2 Å². The van der Waals surface area contributed by atoms with E-state index in [2.05, 4.69) is 130 Å². The van der Waals surface area contributed by atoms with Crippen molar-refractivity contribution >= 4 is 72.0 Å². The van der Waals surface area contributed by atoms with Crippen LogP contribution in [-0.4, -0.2) is 25.9 Å². The largest absolute Gasteiger partial charge is 2.00 e. The molecule has 1 aliphatic heterocycles. The molecule has 3 heterocycles. The van der Waals surface area contributed by atoms with E-state index in [4.69, 9.17) is 0 Å². The Labute approximate surface area is 375 Å². The first-order valence-electron chi connectivity index (χ1n) is 20.5. The molecule has 308 valence electrons. The van der Waals surface area contributed by atoms with Crippen LogP contribution in [0.4, 0.5) is 28.4 Å². The fourth-order valence-electron chi connectivity index (χ4n) is 8.61. The van der Waals surface area contributed by atoms with Gasteiger partial charge in [0.05, 0.1) is 27.8 Å². The van der Waals surface area contributed by atoms with Crippen molar-refractivity contribution in [2.75, 3.05) is 27.0 Å². The SMILES string of the molecule is CCN([CH-]Nc1ccc(-n2c3ccccc3c3ccccc32)cc1O)c1ccccc1C.Oc1cc(-n2c3ccccc3c3ccccc32)ccc1N1[CH-]Nc2ccccc21.[Pt+2]. The van der Waals surface area contributed by atoms with Crippen LogP contribution in [0, 0.1) is 20.3 Å². The number of phenolic OH excluding ortho intramolecular Hbond substituents is 2. The molecule has 4 N–H and O–H groups in total. The third-order valence-corrected chi connectivity index (χ3v) is 11.5. The number of hydrogen-bond acceptors (Lipinski definition) is 6. The molecule has 0 fully saturated rings. The van der Waals surface area contributed by atoms with Crippen LogP contribution < -0.4 is 20.4 Å². The van der Waals surface area contributed by atoms with Crippen molar-refractivity contribution < 1.29 is 31.3 Å². The number of aromatic hydroxyl groups is 2. The molecule has 0 bridgehead atoms. The topological polar surface area (TPSA) is 80.9 Å². The van der Waals surface area contributed by atoms with Crippen molar-refractivity contribution in [1.29, 1.82) is 0 Å². The molecule has 11 rings (SSSR count). The Morgan fingerprint density at radius 3 is 1.58 bits per heavy atom. The summed E-state index contributed by atoms with van der Waals surface area (Å²) in [5, 5.41) is 33.1. The van der Waals surface area contributed by atoms with Gasteiger partial charge >= 0.3 is 21.1 Å². The standard InChI is InChI=1S/C28H26N3O.C25H18N3O.Pt/c1-3-30(25-13-7-4-10-20(25)2)19-29-24-17-16-21(18-28(24)32)31-26-14-8-5-11-22(26)23-12-6-9-15-27(23)31;29-25-15-17(13-14-24(25)27-16-26-20-9-3-6-12-23(20)27)28-21-10-4-1-7-18(21)19-8-2-5-11-22(19)28;/h4-19,29,32H,3H2,1-2H3;1-16,26,29H;/q2*-1;+2. The smallest absolute Gasteiger partial charge is 0.514 e. The molecular formula is C53H44N6O2Pt. The normalized spacial score (nSPS) is 11.9. The fourth-order valence-corrected chi connectivity index (χ4v) is 8.61. The van der Waals surface area contributed by atoms with E-state index in [-0.39, 0.29) is 32.6 Å². The second-order valence-corrected chi connectivity index (χ2v) is 15.1. The molecule has 0 saturated heterocycles. The van der Waals surface area contributed by atoms with Gasteiger partial charge in [0, 0.05) is 67.8 Å².